The van der Waals surface area contributed by atoms with Gasteiger partial charge in [-0.2, -0.15) is 0 Å². The first-order chi connectivity index (χ1) is 50.8. The lowest BCUT2D eigenvalue weighted by molar-refractivity contribution is -0.159. The molecule has 8 aliphatic rings. The van der Waals surface area contributed by atoms with E-state index in [0.717, 1.165) is 11.1 Å². The molecular formula is C78H93Cl2F4N9O14S2. The zero-order valence-electron chi connectivity index (χ0n) is 61.0. The van der Waals surface area contributed by atoms with Crippen molar-refractivity contribution in [2.75, 3.05) is 13.1 Å². The van der Waals surface area contributed by atoms with Crippen LogP contribution >= 0.6 is 24.8 Å². The van der Waals surface area contributed by atoms with Crippen molar-refractivity contribution in [3.63, 3.8) is 0 Å². The number of alkyl halides is 4. The number of nitrogens with zero attached hydrogens (tertiary/aromatic N) is 6. The van der Waals surface area contributed by atoms with Gasteiger partial charge in [-0.05, 0) is 121 Å². The summed E-state index contributed by atoms with van der Waals surface area (Å²) in [6.07, 6.45) is -1.07. The minimum absolute atomic E-state index is 0. The molecule has 0 unspecified atom stereocenters. The van der Waals surface area contributed by atoms with Crippen LogP contribution in [0.1, 0.15) is 168 Å². The number of sulfonamides is 2. The Morgan fingerprint density at radius 1 is 0.523 bits per heavy atom. The summed E-state index contributed by atoms with van der Waals surface area (Å²) in [6, 6.07) is 30.1. The molecule has 8 fully saturated rings. The molecule has 4 aromatic carbocycles. The number of aromatic nitrogens is 4. The van der Waals surface area contributed by atoms with E-state index in [1.165, 1.54) is 9.80 Å². The molecule has 0 bridgehead atoms. The Balaban J connectivity index is 0.000000214. The lowest BCUT2D eigenvalue weighted by Crippen LogP contribution is -2.49. The highest BCUT2D eigenvalue weighted by Crippen LogP contribution is 2.62. The number of carbonyl (C=O) groups is 7. The van der Waals surface area contributed by atoms with E-state index in [4.69, 9.17) is 39.9 Å². The summed E-state index contributed by atoms with van der Waals surface area (Å²) in [6.45, 7) is 5.08. The first kappa shape index (κ1) is 82.0. The molecule has 0 spiro atoms. The third kappa shape index (κ3) is 19.3. The van der Waals surface area contributed by atoms with Gasteiger partial charge in [-0.15, -0.1) is 24.8 Å². The van der Waals surface area contributed by atoms with Crippen molar-refractivity contribution in [2.24, 2.45) is 34.3 Å². The predicted octanol–water partition coefficient (Wildman–Crippen LogP) is 11.9. The summed E-state index contributed by atoms with van der Waals surface area (Å²) in [5, 5.41) is -1.45. The molecule has 4 aliphatic heterocycles. The van der Waals surface area contributed by atoms with Crippen molar-refractivity contribution in [1.82, 2.24) is 39.2 Å². The molecule has 6 aromatic rings. The van der Waals surface area contributed by atoms with Crippen LogP contribution in [0, 0.1) is 28.6 Å². The number of rotatable bonds is 14. The van der Waals surface area contributed by atoms with E-state index in [1.54, 1.807) is 32.9 Å². The first-order valence-electron chi connectivity index (χ1n) is 37.3. The predicted molar refractivity (Wildman–Crippen MR) is 401 cm³/mol. The smallest absolute Gasteiger partial charge is 0.307 e. The maximum absolute atomic E-state index is 15.4. The number of carbonyl (C=O) groups excluding carboxylic acids is 7. The number of fused-ring (bicyclic) bond motifs is 6. The number of nitrogens with two attached hydrogens (primary N) is 1. The van der Waals surface area contributed by atoms with Gasteiger partial charge in [0.2, 0.25) is 67.3 Å². The van der Waals surface area contributed by atoms with E-state index in [-0.39, 0.29) is 107 Å². The second kappa shape index (κ2) is 32.8. The third-order valence-electron chi connectivity index (χ3n) is 22.0. The van der Waals surface area contributed by atoms with Crippen LogP contribution in [0.2, 0.25) is 0 Å². The van der Waals surface area contributed by atoms with Gasteiger partial charge in [0.1, 0.15) is 29.2 Å². The van der Waals surface area contributed by atoms with Gasteiger partial charge in [-0.25, -0.2) is 54.3 Å². The highest BCUT2D eigenvalue weighted by molar-refractivity contribution is 7.91. The minimum atomic E-state index is -4.04. The van der Waals surface area contributed by atoms with Crippen LogP contribution in [0.5, 0.6) is 11.8 Å². The van der Waals surface area contributed by atoms with Crippen molar-refractivity contribution >= 4 is 108 Å². The van der Waals surface area contributed by atoms with Crippen LogP contribution in [0.3, 0.4) is 0 Å². The van der Waals surface area contributed by atoms with Gasteiger partial charge in [-0.3, -0.25) is 43.0 Å². The molecule has 31 heteroatoms. The Kier molecular flexibility index (Phi) is 24.6. The Morgan fingerprint density at radius 3 is 1.31 bits per heavy atom. The average molecular weight is 1590 g/mol. The summed E-state index contributed by atoms with van der Waals surface area (Å²) in [7, 11) is -8.03. The number of hydrogen-bond acceptors (Lipinski definition) is 19. The van der Waals surface area contributed by atoms with Gasteiger partial charge < -0.3 is 29.7 Å². The highest BCUT2D eigenvalue weighted by atomic mass is 35.5. The van der Waals surface area contributed by atoms with Crippen LogP contribution in [0.15, 0.2) is 109 Å². The maximum atomic E-state index is 15.4. The second-order valence-corrected chi connectivity index (χ2v) is 35.5. The summed E-state index contributed by atoms with van der Waals surface area (Å²) in [5.41, 5.74) is 7.09. The number of halogens is 6. The number of nitrogens with one attached hydrogen (secondary N) is 2. The lowest BCUT2D eigenvalue weighted by Gasteiger charge is -2.29. The molecule has 2 aromatic heterocycles. The van der Waals surface area contributed by atoms with E-state index in [2.05, 4.69) is 9.44 Å². The van der Waals surface area contributed by atoms with Gasteiger partial charge in [-0.1, -0.05) is 111 Å². The van der Waals surface area contributed by atoms with E-state index < -0.39 is 187 Å². The number of ketones is 2. The van der Waals surface area contributed by atoms with Crippen LogP contribution < -0.4 is 24.7 Å². The van der Waals surface area contributed by atoms with E-state index in [9.17, 15) is 50.4 Å². The van der Waals surface area contributed by atoms with Crippen molar-refractivity contribution < 1.29 is 82.2 Å². The first-order valence-corrected chi connectivity index (χ1v) is 40.4. The largest absolute Gasteiger partial charge is 0.471 e. The monoisotopic (exact) mass is 1590 g/mol. The topological polar surface area (TPSA) is 324 Å². The molecular weight excluding hydrogens is 1500 g/mol. The Labute approximate surface area is 643 Å². The Morgan fingerprint density at radius 2 is 0.908 bits per heavy atom. The summed E-state index contributed by atoms with van der Waals surface area (Å²) >= 11 is 0. The zero-order chi connectivity index (χ0) is 76.0. The average Bonchev–Trinajstić information content (AvgIpc) is 1.57. The van der Waals surface area contributed by atoms with Crippen LogP contribution in [0.25, 0.3) is 44.6 Å². The summed E-state index contributed by atoms with van der Waals surface area (Å²) in [4.78, 5) is 120. The maximum Gasteiger partial charge on any atom is 0.307 e. The van der Waals surface area contributed by atoms with Gasteiger partial charge in [0.05, 0.1) is 81.0 Å². The second-order valence-electron chi connectivity index (χ2n) is 31.6. The number of Topliss-reactive ketones (excluding diaryl/α,β-unsaturated/α-hetero) is 2. The van der Waals surface area contributed by atoms with E-state index >= 15 is 17.6 Å². The fourth-order valence-corrected chi connectivity index (χ4v) is 18.6. The van der Waals surface area contributed by atoms with Gasteiger partial charge in [0.15, 0.2) is 11.6 Å². The van der Waals surface area contributed by atoms with Gasteiger partial charge >= 0.3 is 5.97 Å². The lowest BCUT2D eigenvalue weighted by atomic mass is 9.89. The number of benzene rings is 4. The van der Waals surface area contributed by atoms with E-state index in [1.807, 2.05) is 97.1 Å². The van der Waals surface area contributed by atoms with E-state index in [0.29, 0.717) is 84.8 Å². The standard InChI is InChI=1S/C42H50F2N4O8S.C36H41F2N5O6S.2ClH/c1-40(2,3)56-35(50)20-27-14-8-5-11-19-42(43,44)23-28-22-41(28,39(52)47-57(53,54)30-17-18-30)24-34(49)33-21-29(25-48(33)38(27)51)55-37-36(26-12-6-4-7-13-26)45-31-15-9-10-16-32(31)46-37;37-36(38)16-8-2-5-11-26(39)33(45)43-21-24(49-32-31(22-9-3-1-4-10-22)40-27-12-6-7-13-28(27)41-32)17-29(43)30(44)20-35(18-23(35)19-36)34(46)42-50(47,48)25-14-15-25;;/h4,6-7,9-10,12-13,15-16,27-30,33H,5,8,11,14,17-25H2,1-3H3,(H,47,52);1,3-4,6-7,9-10,12-13,23-26,29H,2,5,8,11,14-21,39H2,(H,42,46);2*1H/t27-,28+,29-,33+,41-;23-,24+,26-,29-,35+;;/m10../s1. The van der Waals surface area contributed by atoms with Crippen molar-refractivity contribution in [1.29, 1.82) is 0 Å². The quantitative estimate of drug-likeness (QED) is 0.0674. The van der Waals surface area contributed by atoms with Crippen LogP contribution in [0.4, 0.5) is 17.6 Å². The van der Waals surface area contributed by atoms with Crippen molar-refractivity contribution in [2.45, 2.75) is 227 Å². The molecule has 4 N–H and O–H groups in total. The molecule has 4 saturated heterocycles. The molecule has 23 nitrogen and oxygen atoms in total. The highest BCUT2D eigenvalue weighted by Gasteiger charge is 2.66. The minimum Gasteiger partial charge on any atom is -0.471 e. The van der Waals surface area contributed by atoms with Crippen LogP contribution in [-0.2, 0) is 58.3 Å². The van der Waals surface area contributed by atoms with Gasteiger partial charge in [0.25, 0.3) is 0 Å². The molecule has 10 atom stereocenters. The molecule has 14 rings (SSSR count). The molecule has 4 amide bonds. The number of amides is 4. The fraction of sp³-hybridized carbons (Fsp3) is 0.551. The summed E-state index contributed by atoms with van der Waals surface area (Å²) in [5.74, 6) is -13.1. The molecule has 4 aliphatic carbocycles. The Hall–Kier alpha value is -7.99. The SMILES string of the molecule is CC(C)(C)OC(=O)C[C@H]1CCCCCC(F)(F)C[C@@H]2C[C@@]2(C(=O)NS(=O)(=O)C2CC2)CC(=O)[C@@H]2C[C@@H](Oc3nc4ccccc4nc3-c3ccccc3)CN2C1=O.Cl.Cl.N[C@H]1CCCCCC(F)(F)C[C@@H]2C[C@@]2(C(=O)NS(=O)(=O)C2CC2)CC(=O)[C@@H]2C[C@@H](Oc3nc4ccccc4nc3-c3ccccc3)CN2C1=O. The number of ether oxygens (including phenoxy) is 3. The normalized spacial score (nSPS) is 27.4. The number of para-hydroxylation sites is 4. The number of esters is 1. The van der Waals surface area contributed by atoms with Gasteiger partial charge in [0, 0.05) is 68.4 Å². The van der Waals surface area contributed by atoms with Crippen molar-refractivity contribution in [3.05, 3.63) is 109 Å². The summed E-state index contributed by atoms with van der Waals surface area (Å²) < 4.78 is 135. The molecule has 0 radical (unpaired) electrons. The zero-order valence-corrected chi connectivity index (χ0v) is 64.2. The van der Waals surface area contributed by atoms with Crippen LogP contribution in [-0.4, -0.2) is 159 Å². The molecule has 4 saturated carbocycles. The number of hydrogen-bond donors (Lipinski definition) is 3. The Bertz CT molecular complexity index is 4640. The molecule has 6 heterocycles. The van der Waals surface area contributed by atoms with Crippen molar-refractivity contribution in [3.8, 4) is 34.3 Å². The molecule has 109 heavy (non-hydrogen) atoms. The third-order valence-corrected chi connectivity index (χ3v) is 25.7. The molecule has 588 valence electrons. The fourth-order valence-electron chi connectivity index (χ4n) is 15.8.